The summed E-state index contributed by atoms with van der Waals surface area (Å²) in [6.07, 6.45) is 2.67. The van der Waals surface area contributed by atoms with E-state index < -0.39 is 0 Å². The summed E-state index contributed by atoms with van der Waals surface area (Å²) in [5.74, 6) is 0.918. The first-order valence-corrected chi connectivity index (χ1v) is 6.48. The minimum atomic E-state index is 0.248. The molecule has 2 rings (SSSR count). The lowest BCUT2D eigenvalue weighted by Gasteiger charge is -2.19. The Kier molecular flexibility index (Phi) is 4.86. The SMILES string of the molecule is CCC(NCc1cccnn1)c1ccccc1OC. The van der Waals surface area contributed by atoms with Crippen molar-refractivity contribution >= 4 is 0 Å². The molecule has 100 valence electrons. The van der Waals surface area contributed by atoms with Gasteiger partial charge in [0.25, 0.3) is 0 Å². The van der Waals surface area contributed by atoms with Crippen molar-refractivity contribution in [3.05, 3.63) is 53.9 Å². The molecule has 0 saturated heterocycles. The number of aromatic nitrogens is 2. The minimum Gasteiger partial charge on any atom is -0.496 e. The molecule has 1 N–H and O–H groups in total. The van der Waals surface area contributed by atoms with Gasteiger partial charge in [0.15, 0.2) is 0 Å². The molecule has 0 aliphatic carbocycles. The van der Waals surface area contributed by atoms with E-state index in [0.29, 0.717) is 6.54 Å². The lowest BCUT2D eigenvalue weighted by atomic mass is 10.0. The molecule has 1 aromatic heterocycles. The van der Waals surface area contributed by atoms with E-state index in [2.05, 4.69) is 28.5 Å². The average molecular weight is 257 g/mol. The molecule has 19 heavy (non-hydrogen) atoms. The fourth-order valence-corrected chi connectivity index (χ4v) is 2.08. The highest BCUT2D eigenvalue weighted by molar-refractivity contribution is 5.35. The Balaban J connectivity index is 2.08. The van der Waals surface area contributed by atoms with Crippen LogP contribution < -0.4 is 10.1 Å². The Labute approximate surface area is 113 Å². The van der Waals surface area contributed by atoms with E-state index in [0.717, 1.165) is 17.9 Å². The Morgan fingerprint density at radius 3 is 2.74 bits per heavy atom. The van der Waals surface area contributed by atoms with Crippen LogP contribution in [-0.2, 0) is 6.54 Å². The smallest absolute Gasteiger partial charge is 0.123 e. The lowest BCUT2D eigenvalue weighted by Crippen LogP contribution is -2.21. The van der Waals surface area contributed by atoms with Crippen LogP contribution in [0.1, 0.15) is 30.6 Å². The number of benzene rings is 1. The van der Waals surface area contributed by atoms with Crippen LogP contribution >= 0.6 is 0 Å². The molecule has 0 aliphatic rings. The fraction of sp³-hybridized carbons (Fsp3) is 0.333. The number of nitrogens with zero attached hydrogens (tertiary/aromatic N) is 2. The molecule has 0 bridgehead atoms. The lowest BCUT2D eigenvalue weighted by molar-refractivity contribution is 0.396. The van der Waals surface area contributed by atoms with Crippen molar-refractivity contribution in [1.82, 2.24) is 15.5 Å². The zero-order chi connectivity index (χ0) is 13.5. The molecular formula is C15H19N3O. The first-order valence-electron chi connectivity index (χ1n) is 6.48. The van der Waals surface area contributed by atoms with Crippen molar-refractivity contribution in [1.29, 1.82) is 0 Å². The molecule has 2 aromatic rings. The third kappa shape index (κ3) is 3.51. The van der Waals surface area contributed by atoms with Gasteiger partial charge in [-0.15, -0.1) is 0 Å². The highest BCUT2D eigenvalue weighted by atomic mass is 16.5. The highest BCUT2D eigenvalue weighted by Crippen LogP contribution is 2.26. The van der Waals surface area contributed by atoms with Crippen LogP contribution in [0.2, 0.25) is 0 Å². The number of methoxy groups -OCH3 is 1. The maximum Gasteiger partial charge on any atom is 0.123 e. The number of hydrogen-bond acceptors (Lipinski definition) is 4. The first-order chi connectivity index (χ1) is 9.35. The molecule has 1 atom stereocenters. The third-order valence-corrected chi connectivity index (χ3v) is 3.08. The van der Waals surface area contributed by atoms with E-state index in [1.165, 1.54) is 5.56 Å². The van der Waals surface area contributed by atoms with Crippen LogP contribution in [0.15, 0.2) is 42.6 Å². The van der Waals surface area contributed by atoms with Gasteiger partial charge in [-0.05, 0) is 24.6 Å². The second-order valence-electron chi connectivity index (χ2n) is 4.30. The summed E-state index contributed by atoms with van der Waals surface area (Å²) in [6, 6.07) is 12.2. The van der Waals surface area contributed by atoms with Crippen molar-refractivity contribution in [2.45, 2.75) is 25.9 Å². The van der Waals surface area contributed by atoms with Gasteiger partial charge in [-0.1, -0.05) is 25.1 Å². The molecule has 0 saturated carbocycles. The van der Waals surface area contributed by atoms with Gasteiger partial charge < -0.3 is 10.1 Å². The molecule has 0 amide bonds. The highest BCUT2D eigenvalue weighted by Gasteiger charge is 2.13. The quantitative estimate of drug-likeness (QED) is 0.864. The van der Waals surface area contributed by atoms with E-state index in [1.807, 2.05) is 30.3 Å². The number of rotatable bonds is 6. The Morgan fingerprint density at radius 1 is 1.21 bits per heavy atom. The predicted molar refractivity (Wildman–Crippen MR) is 74.9 cm³/mol. The van der Waals surface area contributed by atoms with Crippen LogP contribution in [0.4, 0.5) is 0 Å². The Hall–Kier alpha value is -1.94. The van der Waals surface area contributed by atoms with Gasteiger partial charge in [0.2, 0.25) is 0 Å². The van der Waals surface area contributed by atoms with Crippen LogP contribution in [-0.4, -0.2) is 17.3 Å². The number of ether oxygens (including phenoxy) is 1. The van der Waals surface area contributed by atoms with Gasteiger partial charge in [0.1, 0.15) is 5.75 Å². The largest absolute Gasteiger partial charge is 0.496 e. The van der Waals surface area contributed by atoms with Crippen molar-refractivity contribution in [3.63, 3.8) is 0 Å². The minimum absolute atomic E-state index is 0.248. The summed E-state index contributed by atoms with van der Waals surface area (Å²) in [7, 11) is 1.70. The van der Waals surface area contributed by atoms with Crippen molar-refractivity contribution in [2.75, 3.05) is 7.11 Å². The molecule has 1 unspecified atom stereocenters. The summed E-state index contributed by atoms with van der Waals surface area (Å²) >= 11 is 0. The van der Waals surface area contributed by atoms with Crippen molar-refractivity contribution in [3.8, 4) is 5.75 Å². The normalized spacial score (nSPS) is 12.1. The third-order valence-electron chi connectivity index (χ3n) is 3.08. The zero-order valence-corrected chi connectivity index (χ0v) is 11.3. The van der Waals surface area contributed by atoms with E-state index in [-0.39, 0.29) is 6.04 Å². The second-order valence-corrected chi connectivity index (χ2v) is 4.30. The monoisotopic (exact) mass is 257 g/mol. The topological polar surface area (TPSA) is 47.0 Å². The maximum atomic E-state index is 5.41. The van der Waals surface area contributed by atoms with Crippen LogP contribution in [0.25, 0.3) is 0 Å². The van der Waals surface area contributed by atoms with E-state index in [4.69, 9.17) is 4.74 Å². The summed E-state index contributed by atoms with van der Waals surface area (Å²) in [5.41, 5.74) is 2.12. The summed E-state index contributed by atoms with van der Waals surface area (Å²) in [4.78, 5) is 0. The van der Waals surface area contributed by atoms with Crippen molar-refractivity contribution in [2.24, 2.45) is 0 Å². The standard InChI is InChI=1S/C15H19N3O/c1-3-14(13-8-4-5-9-15(13)19-2)16-11-12-7-6-10-17-18-12/h4-10,14,16H,3,11H2,1-2H3. The summed E-state index contributed by atoms with van der Waals surface area (Å²) in [5, 5.41) is 11.5. The molecule has 0 radical (unpaired) electrons. The molecule has 4 nitrogen and oxygen atoms in total. The van der Waals surface area contributed by atoms with Gasteiger partial charge in [-0.3, -0.25) is 0 Å². The number of para-hydroxylation sites is 1. The fourth-order valence-electron chi connectivity index (χ4n) is 2.08. The molecule has 0 aliphatic heterocycles. The number of nitrogens with one attached hydrogen (secondary N) is 1. The predicted octanol–water partition coefficient (Wildman–Crippen LogP) is 2.73. The molecule has 0 fully saturated rings. The zero-order valence-electron chi connectivity index (χ0n) is 11.3. The van der Waals surface area contributed by atoms with Gasteiger partial charge >= 0.3 is 0 Å². The van der Waals surface area contributed by atoms with Crippen LogP contribution in [0.5, 0.6) is 5.75 Å². The Morgan fingerprint density at radius 2 is 2.05 bits per heavy atom. The molecular weight excluding hydrogens is 238 g/mol. The summed E-state index contributed by atoms with van der Waals surface area (Å²) < 4.78 is 5.41. The van der Waals surface area contributed by atoms with Gasteiger partial charge in [0, 0.05) is 24.3 Å². The van der Waals surface area contributed by atoms with E-state index in [1.54, 1.807) is 13.3 Å². The molecule has 4 heteroatoms. The van der Waals surface area contributed by atoms with Gasteiger partial charge in [0.05, 0.1) is 12.8 Å². The van der Waals surface area contributed by atoms with Crippen LogP contribution in [0.3, 0.4) is 0 Å². The van der Waals surface area contributed by atoms with E-state index in [9.17, 15) is 0 Å². The van der Waals surface area contributed by atoms with Gasteiger partial charge in [-0.2, -0.15) is 10.2 Å². The maximum absolute atomic E-state index is 5.41. The molecule has 1 aromatic carbocycles. The van der Waals surface area contributed by atoms with Gasteiger partial charge in [-0.25, -0.2) is 0 Å². The average Bonchev–Trinajstić information content (AvgIpc) is 2.49. The molecule has 0 spiro atoms. The second kappa shape index (κ2) is 6.85. The summed E-state index contributed by atoms with van der Waals surface area (Å²) in [6.45, 7) is 2.85. The van der Waals surface area contributed by atoms with E-state index >= 15 is 0 Å². The van der Waals surface area contributed by atoms with Crippen molar-refractivity contribution < 1.29 is 4.74 Å². The first kappa shape index (κ1) is 13.5. The van der Waals surface area contributed by atoms with Crippen LogP contribution in [0, 0.1) is 0 Å². The number of hydrogen-bond donors (Lipinski definition) is 1. The molecule has 1 heterocycles. The Bertz CT molecular complexity index is 502.